The number of rotatable bonds is 7. The molecule has 4 nitrogen and oxygen atoms in total. The number of nitrogens with one attached hydrogen (secondary N) is 1. The topological polar surface area (TPSA) is 55.0 Å². The predicted molar refractivity (Wildman–Crippen MR) is 110 cm³/mol. The smallest absolute Gasteiger partial charge is 0.341 e. The summed E-state index contributed by atoms with van der Waals surface area (Å²) in [5, 5.41) is 8.27. The van der Waals surface area contributed by atoms with Gasteiger partial charge in [0.05, 0.1) is 18.0 Å². The van der Waals surface area contributed by atoms with Crippen molar-refractivity contribution in [3.05, 3.63) is 87.4 Å². The third-order valence-corrected chi connectivity index (χ3v) is 5.90. The summed E-state index contributed by atoms with van der Waals surface area (Å²) in [5.41, 5.74) is 3.58. The van der Waals surface area contributed by atoms with Crippen molar-refractivity contribution < 1.29 is 13.9 Å². The number of ether oxygens (including phenoxy) is 1. The SMILES string of the molecule is CCOC(=O)c1c(CCc2ccccc2Cl)n[nH]c1C1(c2ccc(F)cc2)CC1. The maximum absolute atomic E-state index is 13.4. The average Bonchev–Trinajstić information content (AvgIpc) is 3.41. The number of esters is 1. The molecular formula is C23H22ClFN2O2. The van der Waals surface area contributed by atoms with Gasteiger partial charge >= 0.3 is 5.97 Å². The van der Waals surface area contributed by atoms with Crippen LogP contribution in [0.5, 0.6) is 0 Å². The largest absolute Gasteiger partial charge is 0.462 e. The van der Waals surface area contributed by atoms with Gasteiger partial charge in [-0.15, -0.1) is 0 Å². The number of aromatic nitrogens is 2. The number of aryl methyl sites for hydroxylation is 2. The number of hydrogen-bond donors (Lipinski definition) is 1. The Labute approximate surface area is 174 Å². The number of benzene rings is 2. The van der Waals surface area contributed by atoms with E-state index in [1.165, 1.54) is 12.1 Å². The van der Waals surface area contributed by atoms with Crippen molar-refractivity contribution >= 4 is 17.6 Å². The summed E-state index contributed by atoms with van der Waals surface area (Å²) in [6, 6.07) is 14.1. The monoisotopic (exact) mass is 412 g/mol. The van der Waals surface area contributed by atoms with Crippen molar-refractivity contribution in [3.63, 3.8) is 0 Å². The van der Waals surface area contributed by atoms with Crippen LogP contribution in [0.4, 0.5) is 4.39 Å². The Bertz CT molecular complexity index is 1030. The van der Waals surface area contributed by atoms with Crippen molar-refractivity contribution in [2.24, 2.45) is 0 Å². The number of carbonyl (C=O) groups is 1. The zero-order valence-corrected chi connectivity index (χ0v) is 16.9. The normalized spacial score (nSPS) is 14.6. The molecule has 0 spiro atoms. The predicted octanol–water partition coefficient (Wildman–Crippen LogP) is 5.24. The molecule has 29 heavy (non-hydrogen) atoms. The van der Waals surface area contributed by atoms with Gasteiger partial charge in [0.15, 0.2) is 0 Å². The highest BCUT2D eigenvalue weighted by Crippen LogP contribution is 2.54. The molecule has 0 bridgehead atoms. The number of H-pyrrole nitrogens is 1. The zero-order chi connectivity index (χ0) is 20.4. The molecule has 0 saturated heterocycles. The minimum Gasteiger partial charge on any atom is -0.462 e. The van der Waals surface area contributed by atoms with E-state index in [0.717, 1.165) is 29.7 Å². The molecule has 1 saturated carbocycles. The first-order chi connectivity index (χ1) is 14.0. The molecule has 2 aromatic carbocycles. The first kappa shape index (κ1) is 19.6. The fourth-order valence-corrected chi connectivity index (χ4v) is 4.09. The summed E-state index contributed by atoms with van der Waals surface area (Å²) in [4.78, 5) is 12.8. The van der Waals surface area contributed by atoms with Crippen molar-refractivity contribution in [1.29, 1.82) is 0 Å². The Morgan fingerprint density at radius 3 is 2.55 bits per heavy atom. The van der Waals surface area contributed by atoms with Gasteiger partial charge in [-0.1, -0.05) is 41.9 Å². The highest BCUT2D eigenvalue weighted by atomic mass is 35.5. The number of nitrogens with zero attached hydrogens (tertiary/aromatic N) is 1. The minimum absolute atomic E-state index is 0.278. The van der Waals surface area contributed by atoms with Gasteiger partial charge in [-0.05, 0) is 61.9 Å². The summed E-state index contributed by atoms with van der Waals surface area (Å²) < 4.78 is 18.7. The van der Waals surface area contributed by atoms with Crippen LogP contribution in [0.2, 0.25) is 5.02 Å². The van der Waals surface area contributed by atoms with Gasteiger partial charge in [0.25, 0.3) is 0 Å². The van der Waals surface area contributed by atoms with E-state index in [-0.39, 0.29) is 23.8 Å². The Morgan fingerprint density at radius 1 is 1.17 bits per heavy atom. The highest BCUT2D eigenvalue weighted by molar-refractivity contribution is 6.31. The quantitative estimate of drug-likeness (QED) is 0.539. The fraction of sp³-hybridized carbons (Fsp3) is 0.304. The standard InChI is InChI=1S/C23H22ClFN2O2/c1-2-29-22(28)20-19(12-7-15-5-3-4-6-18(15)24)26-27-21(20)23(13-14-23)16-8-10-17(25)11-9-16/h3-6,8-11H,2,7,12-14H2,1H3,(H,26,27). The lowest BCUT2D eigenvalue weighted by atomic mass is 9.89. The molecule has 0 atom stereocenters. The van der Waals surface area contributed by atoms with Crippen LogP contribution in [0.3, 0.4) is 0 Å². The molecule has 6 heteroatoms. The molecule has 150 valence electrons. The van der Waals surface area contributed by atoms with Crippen molar-refractivity contribution in [1.82, 2.24) is 10.2 Å². The molecule has 0 unspecified atom stereocenters. The number of carbonyl (C=O) groups excluding carboxylic acids is 1. The first-order valence-electron chi connectivity index (χ1n) is 9.79. The van der Waals surface area contributed by atoms with Crippen molar-refractivity contribution in [2.75, 3.05) is 6.61 Å². The zero-order valence-electron chi connectivity index (χ0n) is 16.2. The van der Waals surface area contributed by atoms with Gasteiger partial charge in [-0.25, -0.2) is 9.18 Å². The van der Waals surface area contributed by atoms with E-state index < -0.39 is 0 Å². The van der Waals surface area contributed by atoms with Crippen LogP contribution in [0.25, 0.3) is 0 Å². The molecule has 0 amide bonds. The molecule has 1 aromatic heterocycles. The summed E-state index contributed by atoms with van der Waals surface area (Å²) in [7, 11) is 0. The molecular weight excluding hydrogens is 391 g/mol. The molecule has 1 heterocycles. The number of aromatic amines is 1. The van der Waals surface area contributed by atoms with E-state index in [2.05, 4.69) is 10.2 Å². The van der Waals surface area contributed by atoms with E-state index in [4.69, 9.17) is 16.3 Å². The number of hydrogen-bond acceptors (Lipinski definition) is 3. The van der Waals surface area contributed by atoms with Gasteiger partial charge < -0.3 is 4.74 Å². The minimum atomic E-state index is -0.376. The lowest BCUT2D eigenvalue weighted by Gasteiger charge is -2.16. The van der Waals surface area contributed by atoms with Gasteiger partial charge in [0.1, 0.15) is 11.4 Å². The molecule has 1 fully saturated rings. The Hall–Kier alpha value is -2.66. The fourth-order valence-electron chi connectivity index (χ4n) is 3.86. The summed E-state index contributed by atoms with van der Waals surface area (Å²) in [6.45, 7) is 2.07. The second kappa shape index (κ2) is 7.99. The Kier molecular flexibility index (Phi) is 5.41. The Morgan fingerprint density at radius 2 is 1.90 bits per heavy atom. The van der Waals surface area contributed by atoms with Gasteiger partial charge in [0.2, 0.25) is 0 Å². The number of halogens is 2. The van der Waals surface area contributed by atoms with Crippen molar-refractivity contribution in [2.45, 2.75) is 38.0 Å². The van der Waals surface area contributed by atoms with Crippen LogP contribution in [0.15, 0.2) is 48.5 Å². The van der Waals surface area contributed by atoms with Crippen LogP contribution in [-0.4, -0.2) is 22.8 Å². The lowest BCUT2D eigenvalue weighted by molar-refractivity contribution is 0.0523. The third-order valence-electron chi connectivity index (χ3n) is 5.54. The van der Waals surface area contributed by atoms with E-state index in [1.54, 1.807) is 19.1 Å². The maximum atomic E-state index is 13.4. The molecule has 1 aliphatic carbocycles. The third kappa shape index (κ3) is 3.79. The lowest BCUT2D eigenvalue weighted by Crippen LogP contribution is -2.17. The van der Waals surface area contributed by atoms with Gasteiger partial charge in [0, 0.05) is 10.4 Å². The van der Waals surface area contributed by atoms with Gasteiger partial charge in [-0.3, -0.25) is 5.10 Å². The summed E-state index contributed by atoms with van der Waals surface area (Å²) >= 11 is 6.27. The van der Waals surface area contributed by atoms with E-state index in [9.17, 15) is 9.18 Å². The second-order valence-corrected chi connectivity index (χ2v) is 7.73. The Balaban J connectivity index is 1.69. The summed E-state index contributed by atoms with van der Waals surface area (Å²) in [5.74, 6) is -0.654. The molecule has 4 rings (SSSR count). The van der Waals surface area contributed by atoms with E-state index >= 15 is 0 Å². The molecule has 0 aliphatic heterocycles. The molecule has 0 radical (unpaired) electrons. The van der Waals surface area contributed by atoms with Crippen LogP contribution >= 0.6 is 11.6 Å². The van der Waals surface area contributed by atoms with Crippen LogP contribution < -0.4 is 0 Å². The van der Waals surface area contributed by atoms with E-state index in [1.807, 2.05) is 24.3 Å². The molecule has 3 aromatic rings. The average molecular weight is 413 g/mol. The second-order valence-electron chi connectivity index (χ2n) is 7.32. The highest BCUT2D eigenvalue weighted by Gasteiger charge is 2.50. The van der Waals surface area contributed by atoms with Crippen LogP contribution in [0.1, 0.15) is 52.6 Å². The van der Waals surface area contributed by atoms with Crippen LogP contribution in [0, 0.1) is 5.82 Å². The first-order valence-corrected chi connectivity index (χ1v) is 10.2. The van der Waals surface area contributed by atoms with E-state index in [0.29, 0.717) is 29.1 Å². The van der Waals surface area contributed by atoms with Gasteiger partial charge in [-0.2, -0.15) is 5.10 Å². The maximum Gasteiger partial charge on any atom is 0.341 e. The molecule has 1 aliphatic rings. The van der Waals surface area contributed by atoms with Crippen LogP contribution in [-0.2, 0) is 23.0 Å². The summed E-state index contributed by atoms with van der Waals surface area (Å²) in [6.07, 6.45) is 2.97. The van der Waals surface area contributed by atoms with Crippen molar-refractivity contribution in [3.8, 4) is 0 Å². The molecule has 1 N–H and O–H groups in total.